The number of rotatable bonds is 5. The third kappa shape index (κ3) is 3.86. The molecule has 7 heteroatoms. The Morgan fingerprint density at radius 3 is 2.79 bits per heavy atom. The SMILES string of the molecule is O=C(NC(Cc1ccccc1)C(=O)N1CCCC2OCC(=O)C21)c1cccs1. The highest BCUT2D eigenvalue weighted by molar-refractivity contribution is 7.12. The van der Waals surface area contributed by atoms with E-state index in [1.165, 1.54) is 11.3 Å². The van der Waals surface area contributed by atoms with E-state index in [0.717, 1.165) is 18.4 Å². The molecule has 0 radical (unpaired) electrons. The molecule has 1 N–H and O–H groups in total. The number of carbonyl (C=O) groups is 3. The lowest BCUT2D eigenvalue weighted by Gasteiger charge is -2.37. The number of nitrogens with zero attached hydrogens (tertiary/aromatic N) is 1. The minimum Gasteiger partial charge on any atom is -0.368 e. The maximum Gasteiger partial charge on any atom is 0.262 e. The Labute approximate surface area is 167 Å². The molecular weight excluding hydrogens is 376 g/mol. The first-order chi connectivity index (χ1) is 13.6. The van der Waals surface area contributed by atoms with Crippen LogP contribution in [0.3, 0.4) is 0 Å². The van der Waals surface area contributed by atoms with Gasteiger partial charge in [0.1, 0.15) is 18.7 Å². The Morgan fingerprint density at radius 2 is 2.04 bits per heavy atom. The topological polar surface area (TPSA) is 75.7 Å². The van der Waals surface area contributed by atoms with Crippen molar-refractivity contribution in [2.75, 3.05) is 13.2 Å². The summed E-state index contributed by atoms with van der Waals surface area (Å²) in [5, 5.41) is 4.71. The summed E-state index contributed by atoms with van der Waals surface area (Å²) in [7, 11) is 0. The van der Waals surface area contributed by atoms with Crippen molar-refractivity contribution < 1.29 is 19.1 Å². The highest BCUT2D eigenvalue weighted by atomic mass is 32.1. The predicted molar refractivity (Wildman–Crippen MR) is 105 cm³/mol. The second kappa shape index (κ2) is 8.24. The Hall–Kier alpha value is -2.51. The molecule has 1 aromatic carbocycles. The average Bonchev–Trinajstić information content (AvgIpc) is 3.38. The van der Waals surface area contributed by atoms with Gasteiger partial charge in [-0.3, -0.25) is 14.4 Å². The fourth-order valence-electron chi connectivity index (χ4n) is 3.93. The number of hydrogen-bond acceptors (Lipinski definition) is 5. The maximum atomic E-state index is 13.4. The molecule has 6 nitrogen and oxygen atoms in total. The Morgan fingerprint density at radius 1 is 1.21 bits per heavy atom. The van der Waals surface area contributed by atoms with E-state index in [9.17, 15) is 14.4 Å². The van der Waals surface area contributed by atoms with E-state index in [4.69, 9.17) is 4.74 Å². The van der Waals surface area contributed by atoms with Crippen LogP contribution in [0, 0.1) is 0 Å². The zero-order valence-corrected chi connectivity index (χ0v) is 16.2. The van der Waals surface area contributed by atoms with Gasteiger partial charge < -0.3 is 15.0 Å². The van der Waals surface area contributed by atoms with E-state index < -0.39 is 12.1 Å². The van der Waals surface area contributed by atoms with E-state index in [1.54, 1.807) is 17.0 Å². The van der Waals surface area contributed by atoms with E-state index in [0.29, 0.717) is 17.8 Å². The zero-order valence-electron chi connectivity index (χ0n) is 15.4. The molecule has 3 unspecified atom stereocenters. The summed E-state index contributed by atoms with van der Waals surface area (Å²) in [5.41, 5.74) is 0.954. The van der Waals surface area contributed by atoms with Crippen molar-refractivity contribution in [1.29, 1.82) is 0 Å². The summed E-state index contributed by atoms with van der Waals surface area (Å²) < 4.78 is 5.56. The zero-order chi connectivity index (χ0) is 19.5. The summed E-state index contributed by atoms with van der Waals surface area (Å²) in [5.74, 6) is -0.546. The number of nitrogens with one attached hydrogen (secondary N) is 1. The third-order valence-electron chi connectivity index (χ3n) is 5.26. The Kier molecular flexibility index (Phi) is 5.54. The molecule has 2 saturated heterocycles. The van der Waals surface area contributed by atoms with Gasteiger partial charge in [-0.1, -0.05) is 36.4 Å². The second-order valence-corrected chi connectivity index (χ2v) is 8.08. The number of benzene rings is 1. The van der Waals surface area contributed by atoms with Crippen molar-refractivity contribution in [3.05, 3.63) is 58.3 Å². The molecular formula is C21H22N2O4S. The van der Waals surface area contributed by atoms with Crippen LogP contribution in [0.5, 0.6) is 0 Å². The van der Waals surface area contributed by atoms with Crippen LogP contribution in [0.4, 0.5) is 0 Å². The van der Waals surface area contributed by atoms with Gasteiger partial charge in [0.2, 0.25) is 5.91 Å². The van der Waals surface area contributed by atoms with Crippen LogP contribution < -0.4 is 5.32 Å². The largest absolute Gasteiger partial charge is 0.368 e. The molecule has 28 heavy (non-hydrogen) atoms. The van der Waals surface area contributed by atoms with Crippen LogP contribution in [0.15, 0.2) is 47.8 Å². The van der Waals surface area contributed by atoms with Gasteiger partial charge in [0.25, 0.3) is 5.91 Å². The standard InChI is InChI=1S/C21H22N2O4S/c24-16-13-27-17-8-4-10-23(19(16)17)21(26)15(12-14-6-2-1-3-7-14)22-20(25)18-9-5-11-28-18/h1-3,5-7,9,11,15,17,19H,4,8,10,12-13H2,(H,22,25). The number of ketones is 1. The third-order valence-corrected chi connectivity index (χ3v) is 6.13. The molecule has 1 aromatic heterocycles. The van der Waals surface area contributed by atoms with Crippen LogP contribution in [-0.2, 0) is 20.7 Å². The average molecular weight is 398 g/mol. The summed E-state index contributed by atoms with van der Waals surface area (Å²) >= 11 is 1.33. The monoisotopic (exact) mass is 398 g/mol. The normalized spacial score (nSPS) is 22.6. The van der Waals surface area contributed by atoms with Crippen LogP contribution >= 0.6 is 11.3 Å². The summed E-state index contributed by atoms with van der Waals surface area (Å²) in [6.45, 7) is 0.569. The highest BCUT2D eigenvalue weighted by Gasteiger charge is 2.45. The number of thiophene rings is 1. The number of Topliss-reactive ketones (excluding diaryl/α,β-unsaturated/α-hetero) is 1. The van der Waals surface area contributed by atoms with Gasteiger partial charge in [0.05, 0.1) is 11.0 Å². The first-order valence-electron chi connectivity index (χ1n) is 9.46. The number of hydrogen-bond donors (Lipinski definition) is 1. The molecule has 2 aliphatic rings. The van der Waals surface area contributed by atoms with Gasteiger partial charge in [-0.05, 0) is 29.9 Å². The van der Waals surface area contributed by atoms with Crippen LogP contribution in [0.25, 0.3) is 0 Å². The van der Waals surface area contributed by atoms with Gasteiger partial charge in [0.15, 0.2) is 5.78 Å². The van der Waals surface area contributed by atoms with Crippen molar-refractivity contribution in [3.63, 3.8) is 0 Å². The van der Waals surface area contributed by atoms with Gasteiger partial charge in [-0.2, -0.15) is 0 Å². The number of piperidine rings is 1. The van der Waals surface area contributed by atoms with Crippen LogP contribution in [0.2, 0.25) is 0 Å². The number of amides is 2. The van der Waals surface area contributed by atoms with E-state index in [1.807, 2.05) is 35.7 Å². The summed E-state index contributed by atoms with van der Waals surface area (Å²) in [6.07, 6.45) is 1.72. The molecule has 146 valence electrons. The van der Waals surface area contributed by atoms with E-state index >= 15 is 0 Å². The minimum absolute atomic E-state index is 0.0545. The van der Waals surface area contributed by atoms with Crippen molar-refractivity contribution in [2.24, 2.45) is 0 Å². The molecule has 4 rings (SSSR count). The Bertz CT molecular complexity index is 853. The molecule has 2 amide bonds. The molecule has 2 aromatic rings. The lowest BCUT2D eigenvalue weighted by atomic mass is 9.95. The van der Waals surface area contributed by atoms with Gasteiger partial charge in [-0.15, -0.1) is 11.3 Å². The molecule has 0 saturated carbocycles. The number of carbonyl (C=O) groups excluding carboxylic acids is 3. The predicted octanol–water partition coefficient (Wildman–Crippen LogP) is 2.05. The molecule has 3 heterocycles. The number of likely N-dealkylation sites (tertiary alicyclic amines) is 1. The van der Waals surface area contributed by atoms with Gasteiger partial charge in [-0.25, -0.2) is 0 Å². The van der Waals surface area contributed by atoms with Crippen molar-refractivity contribution >= 4 is 28.9 Å². The first kappa shape index (κ1) is 18.8. The van der Waals surface area contributed by atoms with E-state index in [2.05, 4.69) is 5.32 Å². The fourth-order valence-corrected chi connectivity index (χ4v) is 4.55. The summed E-state index contributed by atoms with van der Waals surface area (Å²) in [4.78, 5) is 40.5. The number of ether oxygens (including phenoxy) is 1. The lowest BCUT2D eigenvalue weighted by molar-refractivity contribution is -0.142. The smallest absolute Gasteiger partial charge is 0.262 e. The highest BCUT2D eigenvalue weighted by Crippen LogP contribution is 2.27. The first-order valence-corrected chi connectivity index (χ1v) is 10.3. The van der Waals surface area contributed by atoms with Crippen molar-refractivity contribution in [1.82, 2.24) is 10.2 Å². The number of fused-ring (bicyclic) bond motifs is 1. The quantitative estimate of drug-likeness (QED) is 0.836. The molecule has 0 aliphatic carbocycles. The second-order valence-electron chi connectivity index (χ2n) is 7.13. The van der Waals surface area contributed by atoms with E-state index in [-0.39, 0.29) is 30.3 Å². The van der Waals surface area contributed by atoms with Crippen LogP contribution in [0.1, 0.15) is 28.1 Å². The van der Waals surface area contributed by atoms with Crippen molar-refractivity contribution in [3.8, 4) is 0 Å². The van der Waals surface area contributed by atoms with Crippen LogP contribution in [-0.4, -0.2) is 53.8 Å². The molecule has 0 spiro atoms. The molecule has 0 bridgehead atoms. The fraction of sp³-hybridized carbons (Fsp3) is 0.381. The maximum absolute atomic E-state index is 13.4. The van der Waals surface area contributed by atoms with Gasteiger partial charge in [0, 0.05) is 13.0 Å². The van der Waals surface area contributed by atoms with Crippen molar-refractivity contribution in [2.45, 2.75) is 37.5 Å². The molecule has 3 atom stereocenters. The lowest BCUT2D eigenvalue weighted by Crippen LogP contribution is -2.58. The molecule has 2 fully saturated rings. The van der Waals surface area contributed by atoms with Gasteiger partial charge >= 0.3 is 0 Å². The minimum atomic E-state index is -0.732. The summed E-state index contributed by atoms with van der Waals surface area (Å²) in [6, 6.07) is 11.9. The Balaban J connectivity index is 1.57. The molecule has 2 aliphatic heterocycles.